The summed E-state index contributed by atoms with van der Waals surface area (Å²) in [6.07, 6.45) is 4.62. The van der Waals surface area contributed by atoms with E-state index in [-0.39, 0.29) is 12.1 Å². The van der Waals surface area contributed by atoms with E-state index in [1.54, 1.807) is 26.5 Å². The van der Waals surface area contributed by atoms with E-state index in [1.165, 1.54) is 0 Å². The first-order chi connectivity index (χ1) is 15.0. The van der Waals surface area contributed by atoms with Gasteiger partial charge in [-0.15, -0.1) is 0 Å². The maximum Gasteiger partial charge on any atom is 0.220 e. The molecular formula is C22H26ClN5O3. The van der Waals surface area contributed by atoms with Gasteiger partial charge in [0.2, 0.25) is 5.95 Å². The third-order valence-corrected chi connectivity index (χ3v) is 5.83. The molecule has 31 heavy (non-hydrogen) atoms. The van der Waals surface area contributed by atoms with Crippen LogP contribution in [0.1, 0.15) is 25.3 Å². The van der Waals surface area contributed by atoms with Gasteiger partial charge in [-0.1, -0.05) is 18.5 Å². The Bertz CT molecular complexity index is 1100. The molecule has 3 heterocycles. The number of halogens is 1. The summed E-state index contributed by atoms with van der Waals surface area (Å²) in [7, 11) is 3.21. The van der Waals surface area contributed by atoms with E-state index in [0.29, 0.717) is 46.5 Å². The van der Waals surface area contributed by atoms with Crippen LogP contribution in [0.3, 0.4) is 0 Å². The number of pyridine rings is 1. The van der Waals surface area contributed by atoms with E-state index >= 15 is 0 Å². The number of nitrogens with one attached hydrogen (secondary N) is 1. The molecule has 1 aromatic carbocycles. The standard InChI is InChI=1S/C22H26ClN5O3/c1-4-14-16(29-2)9-17(30-3)19(23)18(14)15-8-12-10-26-22(24)28-20(12)21(27-15)25-11-13-6-5-7-31-13/h8-10,13H,4-7,11H2,1-3H3,(H,25,27)(H2,24,26,28). The highest BCUT2D eigenvalue weighted by atomic mass is 35.5. The van der Waals surface area contributed by atoms with Crippen molar-refractivity contribution in [1.29, 1.82) is 0 Å². The Morgan fingerprint density at radius 2 is 2.03 bits per heavy atom. The van der Waals surface area contributed by atoms with Crippen LogP contribution >= 0.6 is 11.6 Å². The maximum atomic E-state index is 6.75. The van der Waals surface area contributed by atoms with Gasteiger partial charge >= 0.3 is 0 Å². The average Bonchev–Trinajstić information content (AvgIpc) is 3.30. The summed E-state index contributed by atoms with van der Waals surface area (Å²) in [4.78, 5) is 13.4. The molecular weight excluding hydrogens is 418 g/mol. The second-order valence-electron chi connectivity index (χ2n) is 7.34. The minimum Gasteiger partial charge on any atom is -0.496 e. The molecule has 9 heteroatoms. The van der Waals surface area contributed by atoms with Crippen LogP contribution in [-0.2, 0) is 11.2 Å². The van der Waals surface area contributed by atoms with Crippen molar-refractivity contribution in [3.8, 4) is 22.8 Å². The average molecular weight is 444 g/mol. The molecule has 2 aromatic heterocycles. The predicted molar refractivity (Wildman–Crippen MR) is 122 cm³/mol. The zero-order valence-corrected chi connectivity index (χ0v) is 18.6. The SMILES string of the molecule is CCc1c(OC)cc(OC)c(Cl)c1-c1cc2cnc(N)nc2c(NCC2CCCO2)n1. The molecule has 0 aliphatic carbocycles. The van der Waals surface area contributed by atoms with E-state index in [9.17, 15) is 0 Å². The first-order valence-electron chi connectivity index (χ1n) is 10.3. The van der Waals surface area contributed by atoms with Crippen LogP contribution in [-0.4, -0.2) is 48.4 Å². The fourth-order valence-electron chi connectivity index (χ4n) is 3.92. The van der Waals surface area contributed by atoms with Crippen LogP contribution in [0.5, 0.6) is 11.5 Å². The number of nitrogens with zero attached hydrogens (tertiary/aromatic N) is 3. The number of methoxy groups -OCH3 is 2. The number of anilines is 2. The molecule has 0 saturated carbocycles. The second-order valence-corrected chi connectivity index (χ2v) is 7.72. The van der Waals surface area contributed by atoms with Crippen molar-refractivity contribution in [1.82, 2.24) is 15.0 Å². The lowest BCUT2D eigenvalue weighted by Gasteiger charge is -2.19. The molecule has 1 aliphatic heterocycles. The summed E-state index contributed by atoms with van der Waals surface area (Å²) >= 11 is 6.75. The fourth-order valence-corrected chi connectivity index (χ4v) is 4.26. The zero-order chi connectivity index (χ0) is 22.0. The van der Waals surface area contributed by atoms with E-state index in [1.807, 2.05) is 13.0 Å². The number of hydrogen-bond acceptors (Lipinski definition) is 8. The van der Waals surface area contributed by atoms with Gasteiger partial charge in [0.15, 0.2) is 5.82 Å². The first kappa shape index (κ1) is 21.4. The van der Waals surface area contributed by atoms with Crippen molar-refractivity contribution in [2.45, 2.75) is 32.3 Å². The third-order valence-electron chi connectivity index (χ3n) is 5.45. The van der Waals surface area contributed by atoms with E-state index in [0.717, 1.165) is 36.0 Å². The summed E-state index contributed by atoms with van der Waals surface area (Å²) in [5, 5.41) is 4.67. The lowest BCUT2D eigenvalue weighted by atomic mass is 9.99. The molecule has 3 aromatic rings. The maximum absolute atomic E-state index is 6.75. The summed E-state index contributed by atoms with van der Waals surface area (Å²) in [6.45, 7) is 3.46. The lowest BCUT2D eigenvalue weighted by molar-refractivity contribution is 0.120. The van der Waals surface area contributed by atoms with Crippen molar-refractivity contribution in [3.05, 3.63) is 28.9 Å². The van der Waals surface area contributed by atoms with Crippen molar-refractivity contribution >= 4 is 34.3 Å². The summed E-state index contributed by atoms with van der Waals surface area (Å²) in [5.74, 6) is 2.02. The van der Waals surface area contributed by atoms with Gasteiger partial charge in [-0.2, -0.15) is 0 Å². The molecule has 1 atom stereocenters. The Kier molecular flexibility index (Phi) is 6.29. The van der Waals surface area contributed by atoms with Gasteiger partial charge in [-0.05, 0) is 25.3 Å². The van der Waals surface area contributed by atoms with Gasteiger partial charge < -0.3 is 25.3 Å². The van der Waals surface area contributed by atoms with Gasteiger partial charge in [0.05, 0.1) is 31.0 Å². The van der Waals surface area contributed by atoms with Gasteiger partial charge in [0.1, 0.15) is 17.0 Å². The van der Waals surface area contributed by atoms with Crippen LogP contribution in [0, 0.1) is 0 Å². The quantitative estimate of drug-likeness (QED) is 0.562. The Balaban J connectivity index is 1.89. The smallest absolute Gasteiger partial charge is 0.220 e. The number of aromatic nitrogens is 3. The second kappa shape index (κ2) is 9.11. The molecule has 0 amide bonds. The number of rotatable bonds is 7. The molecule has 1 fully saturated rings. The van der Waals surface area contributed by atoms with Crippen LogP contribution in [0.2, 0.25) is 5.02 Å². The molecule has 0 spiro atoms. The fraction of sp³-hybridized carbons (Fsp3) is 0.409. The van der Waals surface area contributed by atoms with Gasteiger partial charge in [0.25, 0.3) is 0 Å². The summed E-state index contributed by atoms with van der Waals surface area (Å²) in [5.41, 5.74) is 8.89. The monoisotopic (exact) mass is 443 g/mol. The Morgan fingerprint density at radius 3 is 2.71 bits per heavy atom. The van der Waals surface area contributed by atoms with Gasteiger partial charge in [-0.25, -0.2) is 15.0 Å². The number of nitrogens with two attached hydrogens (primary N) is 1. The first-order valence-corrected chi connectivity index (χ1v) is 10.7. The Labute approximate surface area is 186 Å². The third kappa shape index (κ3) is 4.18. The molecule has 164 valence electrons. The van der Waals surface area contributed by atoms with Crippen molar-refractivity contribution in [2.75, 3.05) is 38.4 Å². The van der Waals surface area contributed by atoms with Crippen LogP contribution in [0.15, 0.2) is 18.3 Å². The molecule has 1 saturated heterocycles. The Hall–Kier alpha value is -2.84. The minimum absolute atomic E-state index is 0.145. The minimum atomic E-state index is 0.145. The van der Waals surface area contributed by atoms with Crippen molar-refractivity contribution < 1.29 is 14.2 Å². The molecule has 4 rings (SSSR count). The van der Waals surface area contributed by atoms with E-state index in [2.05, 4.69) is 15.3 Å². The number of fused-ring (bicyclic) bond motifs is 1. The molecule has 1 aliphatic rings. The summed E-state index contributed by atoms with van der Waals surface area (Å²) < 4.78 is 16.8. The molecule has 0 radical (unpaired) electrons. The van der Waals surface area contributed by atoms with Crippen LogP contribution in [0.25, 0.3) is 22.2 Å². The van der Waals surface area contributed by atoms with Gasteiger partial charge in [0, 0.05) is 41.9 Å². The molecule has 0 bridgehead atoms. The largest absolute Gasteiger partial charge is 0.496 e. The van der Waals surface area contributed by atoms with Crippen molar-refractivity contribution in [2.24, 2.45) is 0 Å². The number of nitrogen functional groups attached to an aromatic ring is 1. The number of benzene rings is 1. The number of hydrogen-bond donors (Lipinski definition) is 2. The lowest BCUT2D eigenvalue weighted by Crippen LogP contribution is -2.19. The van der Waals surface area contributed by atoms with Crippen LogP contribution < -0.4 is 20.5 Å². The van der Waals surface area contributed by atoms with Gasteiger partial charge in [-0.3, -0.25) is 0 Å². The predicted octanol–water partition coefficient (Wildman–Crippen LogP) is 4.10. The normalized spacial score (nSPS) is 15.9. The zero-order valence-electron chi connectivity index (χ0n) is 17.9. The number of ether oxygens (including phenoxy) is 3. The highest BCUT2D eigenvalue weighted by molar-refractivity contribution is 6.35. The summed E-state index contributed by atoms with van der Waals surface area (Å²) in [6, 6.07) is 3.71. The topological polar surface area (TPSA) is 104 Å². The highest BCUT2D eigenvalue weighted by Crippen LogP contribution is 2.43. The molecule has 3 N–H and O–H groups in total. The van der Waals surface area contributed by atoms with E-state index < -0.39 is 0 Å². The van der Waals surface area contributed by atoms with E-state index in [4.69, 9.17) is 36.5 Å². The highest BCUT2D eigenvalue weighted by Gasteiger charge is 2.22. The molecule has 1 unspecified atom stereocenters. The Morgan fingerprint density at radius 1 is 1.23 bits per heavy atom. The molecule has 8 nitrogen and oxygen atoms in total. The van der Waals surface area contributed by atoms with Crippen LogP contribution in [0.4, 0.5) is 11.8 Å². The van der Waals surface area contributed by atoms with Crippen molar-refractivity contribution in [3.63, 3.8) is 0 Å².